The topological polar surface area (TPSA) is 40.6 Å². The van der Waals surface area contributed by atoms with Crippen LogP contribution in [0.25, 0.3) is 0 Å². The number of nitrogens with zero attached hydrogens (tertiary/aromatic N) is 2. The summed E-state index contributed by atoms with van der Waals surface area (Å²) in [6.07, 6.45) is 0.703. The molecular formula is C14H17N2O2P. The van der Waals surface area contributed by atoms with Crippen molar-refractivity contribution in [2.24, 2.45) is 0 Å². The van der Waals surface area contributed by atoms with Crippen molar-refractivity contribution in [3.63, 3.8) is 0 Å². The zero-order valence-corrected chi connectivity index (χ0v) is 12.0. The first-order valence-electron chi connectivity index (χ1n) is 6.58. The maximum absolute atomic E-state index is 12.1. The van der Waals surface area contributed by atoms with Gasteiger partial charge in [-0.15, -0.1) is 0 Å². The number of carbonyl (C=O) groups is 2. The molecule has 2 aliphatic heterocycles. The minimum Gasteiger partial charge on any atom is -0.273 e. The van der Waals surface area contributed by atoms with Crippen LogP contribution in [0.5, 0.6) is 0 Å². The Hall–Kier alpha value is -1.41. The highest BCUT2D eigenvalue weighted by molar-refractivity contribution is 7.67. The van der Waals surface area contributed by atoms with E-state index in [1.807, 2.05) is 18.2 Å². The van der Waals surface area contributed by atoms with Crippen LogP contribution in [-0.4, -0.2) is 33.4 Å². The Labute approximate surface area is 114 Å². The molecule has 2 heterocycles. The lowest BCUT2D eigenvalue weighted by molar-refractivity contribution is -0.170. The second-order valence-electron chi connectivity index (χ2n) is 4.98. The van der Waals surface area contributed by atoms with Gasteiger partial charge in [0, 0.05) is 12.8 Å². The van der Waals surface area contributed by atoms with Crippen LogP contribution in [0.2, 0.25) is 0 Å². The molecule has 2 fully saturated rings. The van der Waals surface area contributed by atoms with Gasteiger partial charge >= 0.3 is 0 Å². The third kappa shape index (κ3) is 1.86. The van der Waals surface area contributed by atoms with Crippen molar-refractivity contribution < 1.29 is 9.59 Å². The van der Waals surface area contributed by atoms with Crippen LogP contribution in [-0.2, 0) is 9.59 Å². The number of amides is 2. The fourth-order valence-corrected chi connectivity index (χ4v) is 5.99. The number of fused-ring (bicyclic) bond motifs is 1. The van der Waals surface area contributed by atoms with Gasteiger partial charge in [0.05, 0.1) is 11.6 Å². The summed E-state index contributed by atoms with van der Waals surface area (Å²) in [5, 5.41) is 4.66. The van der Waals surface area contributed by atoms with Gasteiger partial charge in [-0.1, -0.05) is 30.3 Å². The van der Waals surface area contributed by atoms with E-state index in [-0.39, 0.29) is 23.4 Å². The second kappa shape index (κ2) is 4.61. The molecule has 0 radical (unpaired) electrons. The number of benzene rings is 1. The average Bonchev–Trinajstić information content (AvgIpc) is 2.68. The smallest absolute Gasteiger partial charge is 0.242 e. The number of rotatable bonds is 1. The highest BCUT2D eigenvalue weighted by atomic mass is 31.1. The van der Waals surface area contributed by atoms with Gasteiger partial charge in [0.25, 0.3) is 0 Å². The molecule has 4 nitrogen and oxygen atoms in total. The third-order valence-electron chi connectivity index (χ3n) is 3.86. The molecule has 2 aliphatic rings. The van der Waals surface area contributed by atoms with Crippen LogP contribution in [0.1, 0.15) is 26.7 Å². The standard InChI is InChI=1S/C14H17N2O2P/c1-10-15-13(17)8-9-14(18)16(15)11(2)19(10)12-6-4-3-5-7-12/h3-7,10-11H,8-9H2,1-2H3. The van der Waals surface area contributed by atoms with E-state index in [9.17, 15) is 9.59 Å². The van der Waals surface area contributed by atoms with Gasteiger partial charge in [-0.3, -0.25) is 9.59 Å². The minimum atomic E-state index is -0.556. The fourth-order valence-electron chi connectivity index (χ4n) is 3.04. The van der Waals surface area contributed by atoms with Crippen molar-refractivity contribution in [1.29, 1.82) is 0 Å². The molecule has 2 atom stereocenters. The lowest BCUT2D eigenvalue weighted by Crippen LogP contribution is -2.53. The third-order valence-corrected chi connectivity index (χ3v) is 6.81. The molecular weight excluding hydrogens is 259 g/mol. The lowest BCUT2D eigenvalue weighted by Gasteiger charge is -2.35. The first-order valence-corrected chi connectivity index (χ1v) is 8.06. The minimum absolute atomic E-state index is 0.0832. The molecule has 0 spiro atoms. The van der Waals surface area contributed by atoms with E-state index in [1.54, 1.807) is 10.0 Å². The van der Waals surface area contributed by atoms with Gasteiger partial charge < -0.3 is 0 Å². The van der Waals surface area contributed by atoms with Gasteiger partial charge in [0.1, 0.15) is 0 Å². The van der Waals surface area contributed by atoms with Gasteiger partial charge in [-0.25, -0.2) is 10.0 Å². The van der Waals surface area contributed by atoms with Crippen LogP contribution >= 0.6 is 7.92 Å². The van der Waals surface area contributed by atoms with E-state index in [2.05, 4.69) is 26.0 Å². The summed E-state index contributed by atoms with van der Waals surface area (Å²) in [5.74, 6) is 0.369. The van der Waals surface area contributed by atoms with E-state index in [4.69, 9.17) is 0 Å². The van der Waals surface area contributed by atoms with Gasteiger partial charge in [0.2, 0.25) is 11.8 Å². The maximum atomic E-state index is 12.1. The molecule has 0 bridgehead atoms. The van der Waals surface area contributed by atoms with Gasteiger partial charge in [0.15, 0.2) is 0 Å². The lowest BCUT2D eigenvalue weighted by atomic mass is 10.2. The summed E-state index contributed by atoms with van der Waals surface area (Å²) < 4.78 is 0. The molecule has 100 valence electrons. The molecule has 3 rings (SSSR count). The molecule has 0 aromatic heterocycles. The van der Waals surface area contributed by atoms with Crippen molar-refractivity contribution in [2.75, 3.05) is 0 Å². The average molecular weight is 276 g/mol. The van der Waals surface area contributed by atoms with Crippen molar-refractivity contribution in [3.8, 4) is 0 Å². The van der Waals surface area contributed by atoms with E-state index < -0.39 is 7.92 Å². The summed E-state index contributed by atoms with van der Waals surface area (Å²) in [4.78, 5) is 24.2. The largest absolute Gasteiger partial charge is 0.273 e. The van der Waals surface area contributed by atoms with Crippen LogP contribution in [0, 0.1) is 0 Å². The Morgan fingerprint density at radius 1 is 0.947 bits per heavy atom. The quantitative estimate of drug-likeness (QED) is 0.735. The first-order chi connectivity index (χ1) is 9.11. The molecule has 5 heteroatoms. The Balaban J connectivity index is 2.00. The predicted molar refractivity (Wildman–Crippen MR) is 74.8 cm³/mol. The first kappa shape index (κ1) is 12.6. The molecule has 0 aliphatic carbocycles. The van der Waals surface area contributed by atoms with Gasteiger partial charge in [-0.05, 0) is 27.1 Å². The SMILES string of the molecule is CC1N2C(=O)CCC(=O)N2C(C)P1c1ccccc1. The number of hydrogen-bond acceptors (Lipinski definition) is 2. The van der Waals surface area contributed by atoms with Crippen LogP contribution in [0.15, 0.2) is 30.3 Å². The molecule has 0 saturated carbocycles. The molecule has 19 heavy (non-hydrogen) atoms. The van der Waals surface area contributed by atoms with Crippen LogP contribution in [0.3, 0.4) is 0 Å². The number of carbonyl (C=O) groups excluding carboxylic acids is 2. The van der Waals surface area contributed by atoms with Crippen LogP contribution < -0.4 is 5.30 Å². The Morgan fingerprint density at radius 2 is 1.42 bits per heavy atom. The molecule has 1 aromatic carbocycles. The Kier molecular flexibility index (Phi) is 3.06. The summed E-state index contributed by atoms with van der Waals surface area (Å²) in [7, 11) is -0.556. The van der Waals surface area contributed by atoms with Crippen LogP contribution in [0.4, 0.5) is 0 Å². The van der Waals surface area contributed by atoms with Crippen molar-refractivity contribution in [2.45, 2.75) is 38.3 Å². The molecule has 2 saturated heterocycles. The summed E-state index contributed by atoms with van der Waals surface area (Å²) in [6.45, 7) is 4.12. The van der Waals surface area contributed by atoms with E-state index in [0.717, 1.165) is 0 Å². The Morgan fingerprint density at radius 3 is 1.89 bits per heavy atom. The molecule has 2 amide bonds. The summed E-state index contributed by atoms with van der Waals surface area (Å²) in [5.41, 5.74) is 0. The molecule has 0 N–H and O–H groups in total. The fraction of sp³-hybridized carbons (Fsp3) is 0.429. The molecule has 2 unspecified atom stereocenters. The highest BCUT2D eigenvalue weighted by Gasteiger charge is 2.49. The van der Waals surface area contributed by atoms with E-state index in [0.29, 0.717) is 12.8 Å². The van der Waals surface area contributed by atoms with Crippen molar-refractivity contribution >= 4 is 25.0 Å². The van der Waals surface area contributed by atoms with E-state index in [1.165, 1.54) is 5.30 Å². The monoisotopic (exact) mass is 276 g/mol. The van der Waals surface area contributed by atoms with Crippen molar-refractivity contribution in [3.05, 3.63) is 30.3 Å². The zero-order valence-electron chi connectivity index (χ0n) is 11.1. The zero-order chi connectivity index (χ0) is 13.6. The maximum Gasteiger partial charge on any atom is 0.242 e. The number of hydrogen-bond donors (Lipinski definition) is 0. The summed E-state index contributed by atoms with van der Waals surface area (Å²) >= 11 is 0. The summed E-state index contributed by atoms with van der Waals surface area (Å²) in [6, 6.07) is 10.2. The second-order valence-corrected chi connectivity index (χ2v) is 7.81. The highest BCUT2D eigenvalue weighted by Crippen LogP contribution is 2.55. The molecule has 1 aromatic rings. The number of hydrazine groups is 1. The normalized spacial score (nSPS) is 30.7. The van der Waals surface area contributed by atoms with Gasteiger partial charge in [-0.2, -0.15) is 0 Å². The van der Waals surface area contributed by atoms with Crippen molar-refractivity contribution in [1.82, 2.24) is 10.0 Å². The predicted octanol–water partition coefficient (Wildman–Crippen LogP) is 1.87. The Bertz CT molecular complexity index is 491. The van der Waals surface area contributed by atoms with E-state index >= 15 is 0 Å².